The summed E-state index contributed by atoms with van der Waals surface area (Å²) in [5, 5.41) is 12.0. The molecule has 0 saturated heterocycles. The van der Waals surface area contributed by atoms with E-state index in [2.05, 4.69) is 5.32 Å². The van der Waals surface area contributed by atoms with Crippen molar-refractivity contribution >= 4 is 17.4 Å². The lowest BCUT2D eigenvalue weighted by molar-refractivity contribution is -0.121. The number of halogens is 1. The molecule has 2 aromatic carbocycles. The van der Waals surface area contributed by atoms with Gasteiger partial charge in [0.2, 0.25) is 5.91 Å². The molecular formula is C19H18FN3O2. The van der Waals surface area contributed by atoms with Crippen molar-refractivity contribution in [2.75, 3.05) is 11.9 Å². The molecule has 5 nitrogen and oxygen atoms in total. The summed E-state index contributed by atoms with van der Waals surface area (Å²) in [4.78, 5) is 23.4. The molecule has 1 atom stereocenters. The number of hydrogen-bond donors (Lipinski definition) is 2. The van der Waals surface area contributed by atoms with E-state index in [4.69, 9.17) is 11.0 Å². The molecule has 0 heterocycles. The van der Waals surface area contributed by atoms with Crippen molar-refractivity contribution < 1.29 is 14.0 Å². The van der Waals surface area contributed by atoms with Crippen LogP contribution in [0, 0.1) is 23.1 Å². The molecule has 0 aliphatic rings. The second-order valence-corrected chi connectivity index (χ2v) is 5.74. The number of primary amides is 1. The molecule has 2 aromatic rings. The molecule has 0 aromatic heterocycles. The quantitative estimate of drug-likeness (QED) is 0.758. The second kappa shape index (κ2) is 8.06. The number of Topliss-reactive ketones (excluding diaryl/α,β-unsaturated/α-hetero) is 1. The zero-order valence-corrected chi connectivity index (χ0v) is 13.8. The second-order valence-electron chi connectivity index (χ2n) is 5.74. The van der Waals surface area contributed by atoms with Gasteiger partial charge in [0.25, 0.3) is 0 Å². The number of hydrogen-bond acceptors (Lipinski definition) is 4. The molecule has 0 saturated carbocycles. The smallest absolute Gasteiger partial charge is 0.222 e. The highest BCUT2D eigenvalue weighted by atomic mass is 19.1. The summed E-state index contributed by atoms with van der Waals surface area (Å²) in [6.07, 6.45) is 0.343. The lowest BCUT2D eigenvalue weighted by Crippen LogP contribution is -2.31. The van der Waals surface area contributed by atoms with Crippen LogP contribution in [0.15, 0.2) is 42.5 Å². The van der Waals surface area contributed by atoms with Crippen LogP contribution in [0.25, 0.3) is 0 Å². The number of amides is 1. The van der Waals surface area contributed by atoms with Gasteiger partial charge in [0, 0.05) is 17.8 Å². The molecule has 0 aliphatic carbocycles. The molecule has 6 heteroatoms. The predicted octanol–water partition coefficient (Wildman–Crippen LogP) is 2.66. The first kappa shape index (κ1) is 18.1. The normalized spacial score (nSPS) is 11.4. The van der Waals surface area contributed by atoms with Crippen LogP contribution < -0.4 is 11.1 Å². The van der Waals surface area contributed by atoms with Gasteiger partial charge in [-0.1, -0.05) is 12.1 Å². The topological polar surface area (TPSA) is 96.0 Å². The maximum absolute atomic E-state index is 13.0. The number of benzene rings is 2. The number of nitrogens with zero attached hydrogens (tertiary/aromatic N) is 1. The van der Waals surface area contributed by atoms with Crippen molar-refractivity contribution in [1.29, 1.82) is 5.26 Å². The average Bonchev–Trinajstić information content (AvgIpc) is 2.59. The molecule has 1 unspecified atom stereocenters. The Bertz CT molecular complexity index is 826. The number of carbonyl (C=O) groups is 2. The van der Waals surface area contributed by atoms with Crippen LogP contribution in [0.5, 0.6) is 0 Å². The van der Waals surface area contributed by atoms with Gasteiger partial charge in [-0.05, 0) is 49.2 Å². The minimum atomic E-state index is -0.545. The van der Waals surface area contributed by atoms with E-state index in [9.17, 15) is 14.0 Å². The maximum Gasteiger partial charge on any atom is 0.222 e. The molecule has 3 N–H and O–H groups in total. The van der Waals surface area contributed by atoms with Gasteiger partial charge in [-0.25, -0.2) is 4.39 Å². The van der Waals surface area contributed by atoms with Crippen LogP contribution >= 0.6 is 0 Å². The summed E-state index contributed by atoms with van der Waals surface area (Å²) >= 11 is 0. The molecule has 0 radical (unpaired) electrons. The summed E-state index contributed by atoms with van der Waals surface area (Å²) in [5.74, 6) is -1.55. The molecule has 128 valence electrons. The minimum Gasteiger partial charge on any atom is -0.384 e. The van der Waals surface area contributed by atoms with Crippen LogP contribution in [0.4, 0.5) is 10.1 Å². The SMILES string of the molecule is CC(=O)c1ccc(C#N)cc1NCC(Cc1ccc(F)cc1)C(N)=O. The fourth-order valence-corrected chi connectivity index (χ4v) is 2.48. The molecular weight excluding hydrogens is 321 g/mol. The first-order chi connectivity index (χ1) is 11.9. The summed E-state index contributed by atoms with van der Waals surface area (Å²) in [5.41, 5.74) is 7.56. The average molecular weight is 339 g/mol. The number of ketones is 1. The van der Waals surface area contributed by atoms with Crippen LogP contribution in [0.3, 0.4) is 0 Å². The number of nitrogens with one attached hydrogen (secondary N) is 1. The highest BCUT2D eigenvalue weighted by Gasteiger charge is 2.17. The van der Waals surface area contributed by atoms with Gasteiger partial charge in [-0.2, -0.15) is 5.26 Å². The third-order valence-electron chi connectivity index (χ3n) is 3.86. The van der Waals surface area contributed by atoms with Crippen molar-refractivity contribution in [2.45, 2.75) is 13.3 Å². The number of anilines is 1. The molecule has 1 amide bonds. The third-order valence-corrected chi connectivity index (χ3v) is 3.86. The van der Waals surface area contributed by atoms with Crippen molar-refractivity contribution in [2.24, 2.45) is 11.7 Å². The fourth-order valence-electron chi connectivity index (χ4n) is 2.48. The first-order valence-electron chi connectivity index (χ1n) is 7.73. The van der Waals surface area contributed by atoms with Gasteiger partial charge < -0.3 is 11.1 Å². The maximum atomic E-state index is 13.0. The van der Waals surface area contributed by atoms with E-state index in [-0.39, 0.29) is 18.1 Å². The van der Waals surface area contributed by atoms with Crippen molar-refractivity contribution in [3.63, 3.8) is 0 Å². The van der Waals surface area contributed by atoms with E-state index in [0.29, 0.717) is 23.2 Å². The fraction of sp³-hybridized carbons (Fsp3) is 0.211. The Balaban J connectivity index is 2.16. The van der Waals surface area contributed by atoms with Crippen LogP contribution in [0.1, 0.15) is 28.4 Å². The van der Waals surface area contributed by atoms with Gasteiger partial charge in [0.05, 0.1) is 17.6 Å². The molecule has 2 rings (SSSR count). The zero-order valence-electron chi connectivity index (χ0n) is 13.8. The van der Waals surface area contributed by atoms with E-state index in [1.165, 1.54) is 19.1 Å². The molecule has 0 spiro atoms. The predicted molar refractivity (Wildman–Crippen MR) is 92.4 cm³/mol. The minimum absolute atomic E-state index is 0.152. The van der Waals surface area contributed by atoms with E-state index in [0.717, 1.165) is 5.56 Å². The Morgan fingerprint density at radius 3 is 2.48 bits per heavy atom. The Hall–Kier alpha value is -3.20. The Morgan fingerprint density at radius 2 is 1.92 bits per heavy atom. The summed E-state index contributed by atoms with van der Waals surface area (Å²) in [7, 11) is 0. The summed E-state index contributed by atoms with van der Waals surface area (Å²) in [6.45, 7) is 1.62. The molecule has 0 fully saturated rings. The van der Waals surface area contributed by atoms with Crippen LogP contribution in [0.2, 0.25) is 0 Å². The Kier molecular flexibility index (Phi) is 5.85. The number of carbonyl (C=O) groups excluding carboxylic acids is 2. The Morgan fingerprint density at radius 1 is 1.24 bits per heavy atom. The largest absolute Gasteiger partial charge is 0.384 e. The van der Waals surface area contributed by atoms with E-state index in [1.54, 1.807) is 30.3 Å². The van der Waals surface area contributed by atoms with Crippen LogP contribution in [-0.4, -0.2) is 18.2 Å². The van der Waals surface area contributed by atoms with Gasteiger partial charge in [0.15, 0.2) is 5.78 Å². The van der Waals surface area contributed by atoms with Gasteiger partial charge in [0.1, 0.15) is 5.82 Å². The summed E-state index contributed by atoms with van der Waals surface area (Å²) in [6, 6.07) is 12.6. The number of rotatable bonds is 7. The van der Waals surface area contributed by atoms with Gasteiger partial charge in [-0.15, -0.1) is 0 Å². The van der Waals surface area contributed by atoms with Crippen molar-refractivity contribution in [1.82, 2.24) is 0 Å². The third kappa shape index (κ3) is 4.88. The zero-order chi connectivity index (χ0) is 18.4. The van der Waals surface area contributed by atoms with E-state index < -0.39 is 11.8 Å². The highest BCUT2D eigenvalue weighted by Crippen LogP contribution is 2.19. The highest BCUT2D eigenvalue weighted by molar-refractivity contribution is 5.99. The van der Waals surface area contributed by atoms with Crippen molar-refractivity contribution in [3.8, 4) is 6.07 Å². The Labute approximate surface area is 145 Å². The van der Waals surface area contributed by atoms with Crippen molar-refractivity contribution in [3.05, 3.63) is 65.0 Å². The number of nitrogens with two attached hydrogens (primary N) is 1. The first-order valence-corrected chi connectivity index (χ1v) is 7.73. The van der Waals surface area contributed by atoms with Gasteiger partial charge in [-0.3, -0.25) is 9.59 Å². The summed E-state index contributed by atoms with van der Waals surface area (Å²) < 4.78 is 13.0. The van der Waals surface area contributed by atoms with E-state index in [1.807, 2.05) is 6.07 Å². The lowest BCUT2D eigenvalue weighted by atomic mass is 9.98. The molecule has 0 bridgehead atoms. The lowest BCUT2D eigenvalue weighted by Gasteiger charge is -2.17. The van der Waals surface area contributed by atoms with Crippen LogP contribution in [-0.2, 0) is 11.2 Å². The standard InChI is InChI=1S/C19H18FN3O2/c1-12(24)17-7-4-14(10-21)9-18(17)23-11-15(19(22)25)8-13-2-5-16(20)6-3-13/h2-7,9,15,23H,8,11H2,1H3,(H2,22,25). The monoisotopic (exact) mass is 339 g/mol. The molecule has 0 aliphatic heterocycles. The van der Waals surface area contributed by atoms with Gasteiger partial charge >= 0.3 is 0 Å². The molecule has 25 heavy (non-hydrogen) atoms. The van der Waals surface area contributed by atoms with E-state index >= 15 is 0 Å². The number of nitriles is 1.